The van der Waals surface area contributed by atoms with Crippen molar-refractivity contribution < 1.29 is 4.92 Å². The Hall–Kier alpha value is -3.14. The fourth-order valence-electron chi connectivity index (χ4n) is 3.14. The van der Waals surface area contributed by atoms with E-state index in [0.29, 0.717) is 6.54 Å². The number of benzene rings is 1. The smallest absolute Gasteiger partial charge is 0.328 e. The lowest BCUT2D eigenvalue weighted by atomic mass is 10.1. The van der Waals surface area contributed by atoms with Crippen LogP contribution in [-0.2, 0) is 6.54 Å². The van der Waals surface area contributed by atoms with Crippen LogP contribution in [0.3, 0.4) is 0 Å². The summed E-state index contributed by atoms with van der Waals surface area (Å²) in [6, 6.07) is 11.3. The lowest BCUT2D eigenvalue weighted by molar-refractivity contribution is -0.384. The van der Waals surface area contributed by atoms with Crippen molar-refractivity contribution >= 4 is 17.2 Å². The minimum Gasteiger partial charge on any atom is -0.371 e. The van der Waals surface area contributed by atoms with Crippen molar-refractivity contribution in [3.63, 3.8) is 0 Å². The van der Waals surface area contributed by atoms with Gasteiger partial charge in [-0.3, -0.25) is 10.1 Å². The molecule has 0 amide bonds. The van der Waals surface area contributed by atoms with E-state index in [4.69, 9.17) is 5.26 Å². The summed E-state index contributed by atoms with van der Waals surface area (Å²) in [6.45, 7) is 2.47. The van der Waals surface area contributed by atoms with Crippen molar-refractivity contribution in [3.8, 4) is 6.07 Å². The predicted molar refractivity (Wildman–Crippen MR) is 95.4 cm³/mol. The zero-order valence-corrected chi connectivity index (χ0v) is 13.8. The first-order chi connectivity index (χ1) is 12.2. The summed E-state index contributed by atoms with van der Waals surface area (Å²) in [5.74, 6) is 0.123. The number of piperidine rings is 1. The topological polar surface area (TPSA) is 95.1 Å². The predicted octanol–water partition coefficient (Wildman–Crippen LogP) is 3.46. The van der Waals surface area contributed by atoms with Crippen LogP contribution in [0.25, 0.3) is 0 Å². The average Bonchev–Trinajstić information content (AvgIpc) is 2.66. The van der Waals surface area contributed by atoms with Crippen LogP contribution in [0.4, 0.5) is 17.2 Å². The van der Waals surface area contributed by atoms with Crippen molar-refractivity contribution in [1.82, 2.24) is 4.98 Å². The van der Waals surface area contributed by atoms with Gasteiger partial charge in [0.25, 0.3) is 0 Å². The lowest BCUT2D eigenvalue weighted by Crippen LogP contribution is -2.30. The standard InChI is InChI=1S/C18H19N5O2/c19-12-14-8-9-20-18(17(14)23(24)25)21-13-15-6-2-3-7-16(15)22-10-4-1-5-11-22/h2-3,6-9H,1,4-5,10-11,13H2,(H,20,21). The van der Waals surface area contributed by atoms with E-state index in [0.717, 1.165) is 24.3 Å². The molecule has 1 aliphatic rings. The molecule has 7 heteroatoms. The molecule has 0 saturated carbocycles. The number of para-hydroxylation sites is 1. The Morgan fingerprint density at radius 2 is 2.00 bits per heavy atom. The highest BCUT2D eigenvalue weighted by Gasteiger charge is 2.21. The third kappa shape index (κ3) is 3.69. The van der Waals surface area contributed by atoms with Crippen LogP contribution in [0.2, 0.25) is 0 Å². The first-order valence-corrected chi connectivity index (χ1v) is 8.31. The van der Waals surface area contributed by atoms with Gasteiger partial charge < -0.3 is 10.2 Å². The second-order valence-corrected chi connectivity index (χ2v) is 5.95. The number of nitrogens with one attached hydrogen (secondary N) is 1. The molecule has 0 atom stereocenters. The Balaban J connectivity index is 1.83. The molecular formula is C18H19N5O2. The monoisotopic (exact) mass is 337 g/mol. The van der Waals surface area contributed by atoms with E-state index in [-0.39, 0.29) is 17.1 Å². The molecule has 1 saturated heterocycles. The zero-order chi connectivity index (χ0) is 17.6. The maximum absolute atomic E-state index is 11.3. The van der Waals surface area contributed by atoms with Gasteiger partial charge in [0.05, 0.1) is 4.92 Å². The van der Waals surface area contributed by atoms with Gasteiger partial charge in [-0.05, 0) is 37.0 Å². The Morgan fingerprint density at radius 3 is 2.72 bits per heavy atom. The van der Waals surface area contributed by atoms with Gasteiger partial charge in [0.15, 0.2) is 0 Å². The van der Waals surface area contributed by atoms with Crippen molar-refractivity contribution in [3.05, 3.63) is 57.8 Å². The van der Waals surface area contributed by atoms with E-state index in [1.807, 2.05) is 24.3 Å². The van der Waals surface area contributed by atoms with Crippen LogP contribution in [0.5, 0.6) is 0 Å². The summed E-state index contributed by atoms with van der Waals surface area (Å²) in [7, 11) is 0. The first kappa shape index (κ1) is 16.7. The second kappa shape index (κ2) is 7.62. The summed E-state index contributed by atoms with van der Waals surface area (Å²) in [5, 5.41) is 23.4. The number of hydrogen-bond donors (Lipinski definition) is 1. The SMILES string of the molecule is N#Cc1ccnc(NCc2ccccc2N2CCCCC2)c1[N+](=O)[O-]. The number of nitrogens with zero attached hydrogens (tertiary/aromatic N) is 4. The van der Waals surface area contributed by atoms with Crippen molar-refractivity contribution in [1.29, 1.82) is 5.26 Å². The van der Waals surface area contributed by atoms with Crippen LogP contribution < -0.4 is 10.2 Å². The van der Waals surface area contributed by atoms with E-state index < -0.39 is 4.92 Å². The van der Waals surface area contributed by atoms with Crippen LogP contribution >= 0.6 is 0 Å². The van der Waals surface area contributed by atoms with Gasteiger partial charge in [-0.15, -0.1) is 0 Å². The molecule has 0 radical (unpaired) electrons. The fraction of sp³-hybridized carbons (Fsp3) is 0.333. The molecule has 0 spiro atoms. The Bertz CT molecular complexity index is 809. The molecule has 1 fully saturated rings. The summed E-state index contributed by atoms with van der Waals surface area (Å²) in [4.78, 5) is 17.1. The quantitative estimate of drug-likeness (QED) is 0.663. The molecule has 25 heavy (non-hydrogen) atoms. The van der Waals surface area contributed by atoms with E-state index in [2.05, 4.69) is 21.3 Å². The van der Waals surface area contributed by atoms with E-state index >= 15 is 0 Å². The average molecular weight is 337 g/mol. The van der Waals surface area contributed by atoms with Gasteiger partial charge in [-0.2, -0.15) is 5.26 Å². The summed E-state index contributed by atoms with van der Waals surface area (Å²) in [6.07, 6.45) is 5.02. The number of nitro groups is 1. The van der Waals surface area contributed by atoms with Crippen LogP contribution in [0.1, 0.15) is 30.4 Å². The Labute approximate surface area is 146 Å². The number of pyridine rings is 1. The summed E-state index contributed by atoms with van der Waals surface area (Å²) < 4.78 is 0. The number of nitriles is 1. The van der Waals surface area contributed by atoms with Gasteiger partial charge in [-0.1, -0.05) is 18.2 Å². The van der Waals surface area contributed by atoms with Gasteiger partial charge in [0, 0.05) is 31.5 Å². The molecule has 1 aliphatic heterocycles. The third-order valence-electron chi connectivity index (χ3n) is 4.36. The molecule has 0 aliphatic carbocycles. The molecule has 1 aromatic carbocycles. The molecule has 0 unspecified atom stereocenters. The molecule has 2 aromatic rings. The minimum atomic E-state index is -0.565. The van der Waals surface area contributed by atoms with Gasteiger partial charge in [0.2, 0.25) is 5.82 Å². The van der Waals surface area contributed by atoms with Gasteiger partial charge >= 0.3 is 5.69 Å². The highest BCUT2D eigenvalue weighted by molar-refractivity contribution is 5.65. The maximum atomic E-state index is 11.3. The second-order valence-electron chi connectivity index (χ2n) is 5.95. The van der Waals surface area contributed by atoms with Gasteiger partial charge in [-0.25, -0.2) is 4.98 Å². The highest BCUT2D eigenvalue weighted by Crippen LogP contribution is 2.28. The van der Waals surface area contributed by atoms with Crippen LogP contribution in [-0.4, -0.2) is 23.0 Å². The minimum absolute atomic E-state index is 0.00631. The number of anilines is 2. The molecule has 1 aromatic heterocycles. The summed E-state index contributed by atoms with van der Waals surface area (Å²) in [5.41, 5.74) is 1.93. The molecule has 1 N–H and O–H groups in total. The summed E-state index contributed by atoms with van der Waals surface area (Å²) >= 11 is 0. The Kier molecular flexibility index (Phi) is 5.09. The number of hydrogen-bond acceptors (Lipinski definition) is 6. The maximum Gasteiger partial charge on any atom is 0.328 e. The van der Waals surface area contributed by atoms with E-state index in [1.165, 1.54) is 31.5 Å². The van der Waals surface area contributed by atoms with Crippen molar-refractivity contribution in [2.75, 3.05) is 23.3 Å². The number of rotatable bonds is 5. The molecule has 2 heterocycles. The number of aromatic nitrogens is 1. The van der Waals surface area contributed by atoms with E-state index in [1.54, 1.807) is 0 Å². The third-order valence-corrected chi connectivity index (χ3v) is 4.36. The van der Waals surface area contributed by atoms with Gasteiger partial charge in [0.1, 0.15) is 11.6 Å². The highest BCUT2D eigenvalue weighted by atomic mass is 16.6. The molecule has 7 nitrogen and oxygen atoms in total. The normalized spacial score (nSPS) is 14.0. The molecule has 0 bridgehead atoms. The van der Waals surface area contributed by atoms with Crippen molar-refractivity contribution in [2.24, 2.45) is 0 Å². The lowest BCUT2D eigenvalue weighted by Gasteiger charge is -2.30. The van der Waals surface area contributed by atoms with E-state index in [9.17, 15) is 10.1 Å². The first-order valence-electron chi connectivity index (χ1n) is 8.31. The fourth-order valence-corrected chi connectivity index (χ4v) is 3.14. The zero-order valence-electron chi connectivity index (χ0n) is 13.8. The molecular weight excluding hydrogens is 318 g/mol. The molecule has 3 rings (SSSR count). The van der Waals surface area contributed by atoms with Crippen molar-refractivity contribution in [2.45, 2.75) is 25.8 Å². The largest absolute Gasteiger partial charge is 0.371 e. The molecule has 128 valence electrons. The van der Waals surface area contributed by atoms with Crippen LogP contribution in [0.15, 0.2) is 36.5 Å². The Morgan fingerprint density at radius 1 is 1.24 bits per heavy atom. The van der Waals surface area contributed by atoms with Crippen LogP contribution in [0, 0.1) is 21.4 Å².